The molecule has 2 unspecified atom stereocenters. The van der Waals surface area contributed by atoms with E-state index in [0.29, 0.717) is 27.5 Å². The molecule has 4 aromatic rings. The summed E-state index contributed by atoms with van der Waals surface area (Å²) in [5.74, 6) is -0.360. The number of nitrogens with two attached hydrogens (primary N) is 1. The van der Waals surface area contributed by atoms with E-state index in [1.54, 1.807) is 60.8 Å². The van der Waals surface area contributed by atoms with Gasteiger partial charge in [-0.3, -0.25) is 4.79 Å². The highest BCUT2D eigenvalue weighted by molar-refractivity contribution is 7.13. The molecule has 0 saturated carbocycles. The van der Waals surface area contributed by atoms with Crippen LogP contribution in [0.4, 0.5) is 16.3 Å². The predicted octanol–water partition coefficient (Wildman–Crippen LogP) is 4.27. The number of pyridine rings is 1. The molecule has 0 saturated heterocycles. The van der Waals surface area contributed by atoms with Crippen molar-refractivity contribution in [3.63, 3.8) is 0 Å². The summed E-state index contributed by atoms with van der Waals surface area (Å²) in [5.41, 5.74) is 6.93. The van der Waals surface area contributed by atoms with Crippen LogP contribution in [0.15, 0.2) is 72.9 Å². The maximum Gasteiger partial charge on any atom is 0.413 e. The minimum atomic E-state index is -1.59. The van der Waals surface area contributed by atoms with E-state index in [2.05, 4.69) is 15.6 Å². The van der Waals surface area contributed by atoms with Gasteiger partial charge < -0.3 is 26.2 Å². The highest BCUT2D eigenvalue weighted by Gasteiger charge is 2.30. The van der Waals surface area contributed by atoms with Crippen molar-refractivity contribution >= 4 is 45.6 Å². The van der Waals surface area contributed by atoms with Crippen molar-refractivity contribution in [1.29, 1.82) is 0 Å². The lowest BCUT2D eigenvalue weighted by atomic mass is 10.0. The fourth-order valence-electron chi connectivity index (χ4n) is 3.49. The van der Waals surface area contributed by atoms with Gasteiger partial charge >= 0.3 is 6.09 Å². The molecule has 2 heterocycles. The number of thiophene rings is 1. The summed E-state index contributed by atoms with van der Waals surface area (Å²) in [6.07, 6.45) is 0.0763. The average molecular weight is 477 g/mol. The molecule has 0 aliphatic rings. The number of benzene rings is 2. The number of nitrogen functional groups attached to an aromatic ring is 1. The Bertz CT molecular complexity index is 1310. The van der Waals surface area contributed by atoms with Crippen LogP contribution in [0.5, 0.6) is 5.06 Å². The van der Waals surface area contributed by atoms with Crippen molar-refractivity contribution in [1.82, 2.24) is 10.3 Å². The normalized spacial score (nSPS) is 12.6. The minimum absolute atomic E-state index is 0.334. The molecule has 2 atom stereocenters. The smallest absolute Gasteiger partial charge is 0.399 e. The quantitative estimate of drug-likeness (QED) is 0.316. The first-order chi connectivity index (χ1) is 16.4. The summed E-state index contributed by atoms with van der Waals surface area (Å²) in [7, 11) is 0. The molecule has 5 N–H and O–H groups in total. The summed E-state index contributed by atoms with van der Waals surface area (Å²) >= 11 is 1.36. The third-order valence-corrected chi connectivity index (χ3v) is 6.37. The summed E-state index contributed by atoms with van der Waals surface area (Å²) in [4.78, 5) is 30.6. The Morgan fingerprint density at radius 1 is 1.12 bits per heavy atom. The number of hydrogen-bond donors (Lipinski definition) is 4. The number of rotatable bonds is 7. The van der Waals surface area contributed by atoms with Gasteiger partial charge in [0.05, 0.1) is 6.04 Å². The number of aliphatic hydroxyl groups is 1. The monoisotopic (exact) mass is 476 g/mol. The van der Waals surface area contributed by atoms with E-state index in [1.807, 2.05) is 19.1 Å². The second kappa shape index (κ2) is 10.3. The molecule has 0 bridgehead atoms. The standard InChI is InChI=1S/C25H24N4O4S/c1-2-18-10-11-20(34-18)33-25(32)29-21(16-6-4-3-5-7-16)22(30)24(31)28-17-9-8-15-12-13-27-23(26)19(15)14-17/h3-14,21-22,30H,2H2,1H3,(H2,26,27)(H,28,31)(H,29,32). The Balaban J connectivity index is 1.51. The van der Waals surface area contributed by atoms with E-state index in [-0.39, 0.29) is 0 Å². The third kappa shape index (κ3) is 5.33. The Hall–Kier alpha value is -3.95. The predicted molar refractivity (Wildman–Crippen MR) is 133 cm³/mol. The molecular formula is C25H24N4O4S. The molecule has 4 rings (SSSR count). The lowest BCUT2D eigenvalue weighted by Gasteiger charge is -2.23. The van der Waals surface area contributed by atoms with E-state index in [9.17, 15) is 14.7 Å². The Labute approximate surface area is 200 Å². The molecule has 0 spiro atoms. The largest absolute Gasteiger partial charge is 0.413 e. The van der Waals surface area contributed by atoms with Crippen molar-refractivity contribution in [2.45, 2.75) is 25.5 Å². The number of hydrogen-bond acceptors (Lipinski definition) is 7. The van der Waals surface area contributed by atoms with Crippen molar-refractivity contribution in [3.8, 4) is 5.06 Å². The van der Waals surface area contributed by atoms with Gasteiger partial charge in [-0.15, -0.1) is 11.3 Å². The number of amides is 2. The number of carbonyl (C=O) groups is 2. The second-order valence-electron chi connectivity index (χ2n) is 7.56. The van der Waals surface area contributed by atoms with Crippen molar-refractivity contribution in [2.75, 3.05) is 11.1 Å². The van der Waals surface area contributed by atoms with Crippen LogP contribution in [0.3, 0.4) is 0 Å². The summed E-state index contributed by atoms with van der Waals surface area (Å²) in [6, 6.07) is 18.3. The van der Waals surface area contributed by atoms with Gasteiger partial charge in [-0.2, -0.15) is 0 Å². The molecular weight excluding hydrogens is 452 g/mol. The number of anilines is 2. The highest BCUT2D eigenvalue weighted by Crippen LogP contribution is 2.26. The zero-order chi connectivity index (χ0) is 24.1. The zero-order valence-corrected chi connectivity index (χ0v) is 19.2. The average Bonchev–Trinajstić information content (AvgIpc) is 3.30. The lowest BCUT2D eigenvalue weighted by molar-refractivity contribution is -0.125. The third-order valence-electron chi connectivity index (χ3n) is 5.26. The molecule has 2 aromatic heterocycles. The molecule has 9 heteroatoms. The number of aliphatic hydroxyl groups excluding tert-OH is 1. The molecule has 174 valence electrons. The van der Waals surface area contributed by atoms with Crippen LogP contribution in [0, 0.1) is 0 Å². The number of carbonyl (C=O) groups excluding carboxylic acids is 2. The van der Waals surface area contributed by atoms with Gasteiger partial charge in [-0.05, 0) is 47.7 Å². The Kier molecular flexibility index (Phi) is 7.05. The molecule has 0 radical (unpaired) electrons. The van der Waals surface area contributed by atoms with E-state index in [0.717, 1.165) is 16.7 Å². The molecule has 0 aliphatic heterocycles. The fourth-order valence-corrected chi connectivity index (χ4v) is 4.28. The highest BCUT2D eigenvalue weighted by atomic mass is 32.1. The van der Waals surface area contributed by atoms with Crippen molar-refractivity contribution in [2.24, 2.45) is 0 Å². The van der Waals surface area contributed by atoms with Crippen molar-refractivity contribution in [3.05, 3.63) is 83.4 Å². The summed E-state index contributed by atoms with van der Waals surface area (Å²) in [5, 5.41) is 18.2. The van der Waals surface area contributed by atoms with E-state index in [1.165, 1.54) is 11.3 Å². The molecule has 34 heavy (non-hydrogen) atoms. The number of nitrogens with zero attached hydrogens (tertiary/aromatic N) is 1. The van der Waals surface area contributed by atoms with Gasteiger partial charge in [0.25, 0.3) is 5.91 Å². The number of aromatic nitrogens is 1. The van der Waals surface area contributed by atoms with E-state index in [4.69, 9.17) is 10.5 Å². The zero-order valence-electron chi connectivity index (χ0n) is 18.4. The Morgan fingerprint density at radius 2 is 1.91 bits per heavy atom. The fraction of sp³-hybridized carbons (Fsp3) is 0.160. The van der Waals surface area contributed by atoms with Crippen LogP contribution in [0.2, 0.25) is 0 Å². The van der Waals surface area contributed by atoms with Crippen LogP contribution in [0.1, 0.15) is 23.4 Å². The molecule has 8 nitrogen and oxygen atoms in total. The van der Waals surface area contributed by atoms with Gasteiger partial charge in [0.2, 0.25) is 0 Å². The number of aryl methyl sites for hydroxylation is 1. The maximum absolute atomic E-state index is 12.9. The second-order valence-corrected chi connectivity index (χ2v) is 8.69. The SMILES string of the molecule is CCc1ccc(OC(=O)NC(c2ccccc2)C(O)C(=O)Nc2ccc3ccnc(N)c3c2)s1. The van der Waals surface area contributed by atoms with Crippen molar-refractivity contribution < 1.29 is 19.4 Å². The molecule has 0 fully saturated rings. The number of nitrogens with one attached hydrogen (secondary N) is 2. The topological polar surface area (TPSA) is 127 Å². The van der Waals surface area contributed by atoms with Crippen LogP contribution in [-0.4, -0.2) is 28.2 Å². The molecule has 2 amide bonds. The van der Waals surface area contributed by atoms with Gasteiger partial charge in [0, 0.05) is 22.1 Å². The minimum Gasteiger partial charge on any atom is -0.399 e. The van der Waals surface area contributed by atoms with E-state index >= 15 is 0 Å². The van der Waals surface area contributed by atoms with Crippen LogP contribution in [-0.2, 0) is 11.2 Å². The summed E-state index contributed by atoms with van der Waals surface area (Å²) < 4.78 is 5.36. The first kappa shape index (κ1) is 23.2. The molecule has 0 aliphatic carbocycles. The number of ether oxygens (including phenoxy) is 1. The van der Waals surface area contributed by atoms with Gasteiger partial charge in [0.15, 0.2) is 11.2 Å². The van der Waals surface area contributed by atoms with Gasteiger partial charge in [-0.1, -0.05) is 43.3 Å². The lowest BCUT2D eigenvalue weighted by Crippen LogP contribution is -2.43. The summed E-state index contributed by atoms with van der Waals surface area (Å²) in [6.45, 7) is 2.01. The maximum atomic E-state index is 12.9. The van der Waals surface area contributed by atoms with Gasteiger partial charge in [0.1, 0.15) is 5.82 Å². The van der Waals surface area contributed by atoms with Crippen LogP contribution < -0.4 is 21.1 Å². The first-order valence-electron chi connectivity index (χ1n) is 10.7. The Morgan fingerprint density at radius 3 is 2.65 bits per heavy atom. The van der Waals surface area contributed by atoms with Gasteiger partial charge in [-0.25, -0.2) is 9.78 Å². The van der Waals surface area contributed by atoms with Crippen LogP contribution in [0.25, 0.3) is 10.8 Å². The first-order valence-corrected chi connectivity index (χ1v) is 11.5. The molecule has 2 aromatic carbocycles. The van der Waals surface area contributed by atoms with E-state index < -0.39 is 24.1 Å². The van der Waals surface area contributed by atoms with Crippen LogP contribution >= 0.6 is 11.3 Å². The number of fused-ring (bicyclic) bond motifs is 1.